The SMILES string of the molecule is CC1=C2OC(=O)C(c3cc4ccccc4c4ccccc34)=C2OC1=O. The van der Waals surface area contributed by atoms with Crippen molar-refractivity contribution in [3.8, 4) is 0 Å². The minimum atomic E-state index is -0.489. The van der Waals surface area contributed by atoms with Gasteiger partial charge in [0, 0.05) is 5.56 Å². The Morgan fingerprint density at radius 3 is 2.16 bits per heavy atom. The highest BCUT2D eigenvalue weighted by Gasteiger charge is 2.42. The summed E-state index contributed by atoms with van der Waals surface area (Å²) in [4.78, 5) is 24.4. The quantitative estimate of drug-likeness (QED) is 0.499. The first-order valence-corrected chi connectivity index (χ1v) is 7.96. The average Bonchev–Trinajstić information content (AvgIpc) is 3.09. The van der Waals surface area contributed by atoms with Crippen LogP contribution in [0.5, 0.6) is 0 Å². The zero-order chi connectivity index (χ0) is 17.1. The average molecular weight is 328 g/mol. The fraction of sp³-hybridized carbons (Fsp3) is 0.0476. The van der Waals surface area contributed by atoms with E-state index < -0.39 is 11.9 Å². The van der Waals surface area contributed by atoms with Gasteiger partial charge in [-0.25, -0.2) is 9.59 Å². The third-order valence-electron chi connectivity index (χ3n) is 4.71. The van der Waals surface area contributed by atoms with E-state index in [1.54, 1.807) is 6.92 Å². The van der Waals surface area contributed by atoms with Gasteiger partial charge in [-0.15, -0.1) is 0 Å². The van der Waals surface area contributed by atoms with Gasteiger partial charge < -0.3 is 9.47 Å². The number of rotatable bonds is 1. The molecule has 0 spiro atoms. The molecule has 0 aliphatic carbocycles. The number of carbonyl (C=O) groups is 2. The summed E-state index contributed by atoms with van der Waals surface area (Å²) >= 11 is 0. The molecule has 0 unspecified atom stereocenters. The van der Waals surface area contributed by atoms with Gasteiger partial charge in [0.25, 0.3) is 0 Å². The van der Waals surface area contributed by atoms with Crippen LogP contribution in [0.3, 0.4) is 0 Å². The maximum absolute atomic E-state index is 12.5. The van der Waals surface area contributed by atoms with E-state index in [1.807, 2.05) is 48.5 Å². The predicted octanol–water partition coefficient (Wildman–Crippen LogP) is 4.09. The first-order valence-electron chi connectivity index (χ1n) is 7.96. The molecule has 3 aromatic carbocycles. The van der Waals surface area contributed by atoms with Crippen molar-refractivity contribution >= 4 is 39.1 Å². The van der Waals surface area contributed by atoms with Crippen LogP contribution in [0.25, 0.3) is 27.1 Å². The first kappa shape index (κ1) is 14.0. The van der Waals surface area contributed by atoms with Crippen LogP contribution >= 0.6 is 0 Å². The van der Waals surface area contributed by atoms with Crippen molar-refractivity contribution < 1.29 is 19.1 Å². The smallest absolute Gasteiger partial charge is 0.348 e. The Hall–Kier alpha value is -3.40. The molecule has 4 heteroatoms. The Morgan fingerprint density at radius 1 is 0.720 bits per heavy atom. The maximum Gasteiger partial charge on any atom is 0.348 e. The highest BCUT2D eigenvalue weighted by Crippen LogP contribution is 2.43. The molecule has 0 amide bonds. The molecule has 0 N–H and O–H groups in total. The van der Waals surface area contributed by atoms with Crippen LogP contribution in [-0.4, -0.2) is 11.9 Å². The van der Waals surface area contributed by atoms with Crippen LogP contribution < -0.4 is 0 Å². The lowest BCUT2D eigenvalue weighted by molar-refractivity contribution is -0.133. The zero-order valence-corrected chi connectivity index (χ0v) is 13.3. The van der Waals surface area contributed by atoms with Gasteiger partial charge in [-0.3, -0.25) is 0 Å². The lowest BCUT2D eigenvalue weighted by Gasteiger charge is -2.10. The molecular weight excluding hydrogens is 316 g/mol. The number of hydrogen-bond acceptors (Lipinski definition) is 4. The summed E-state index contributed by atoms with van der Waals surface area (Å²) in [6.07, 6.45) is 0. The molecular formula is C21H12O4. The number of fused-ring (bicyclic) bond motifs is 4. The second kappa shape index (κ2) is 4.80. The largest absolute Gasteiger partial charge is 0.418 e. The molecule has 5 rings (SSSR count). The molecule has 0 atom stereocenters. The van der Waals surface area contributed by atoms with Crippen LogP contribution in [0.15, 0.2) is 71.7 Å². The molecule has 2 heterocycles. The van der Waals surface area contributed by atoms with Crippen molar-refractivity contribution in [2.24, 2.45) is 0 Å². The van der Waals surface area contributed by atoms with E-state index in [4.69, 9.17) is 9.47 Å². The van der Waals surface area contributed by atoms with Crippen molar-refractivity contribution in [2.75, 3.05) is 0 Å². The lowest BCUT2D eigenvalue weighted by Crippen LogP contribution is -2.04. The van der Waals surface area contributed by atoms with Crippen molar-refractivity contribution in [1.29, 1.82) is 0 Å². The van der Waals surface area contributed by atoms with Crippen molar-refractivity contribution in [2.45, 2.75) is 6.92 Å². The molecule has 4 nitrogen and oxygen atoms in total. The fourth-order valence-corrected chi connectivity index (χ4v) is 3.50. The van der Waals surface area contributed by atoms with Crippen molar-refractivity contribution in [3.05, 3.63) is 77.3 Å². The first-order chi connectivity index (χ1) is 12.1. The minimum Gasteiger partial charge on any atom is -0.418 e. The third-order valence-corrected chi connectivity index (χ3v) is 4.71. The van der Waals surface area contributed by atoms with Gasteiger partial charge >= 0.3 is 11.9 Å². The van der Waals surface area contributed by atoms with Gasteiger partial charge in [-0.05, 0) is 34.5 Å². The highest BCUT2D eigenvalue weighted by atomic mass is 16.6. The van der Waals surface area contributed by atoms with Gasteiger partial charge in [0.15, 0.2) is 11.5 Å². The van der Waals surface area contributed by atoms with Crippen molar-refractivity contribution in [1.82, 2.24) is 0 Å². The van der Waals surface area contributed by atoms with Gasteiger partial charge in [-0.2, -0.15) is 0 Å². The number of benzene rings is 3. The van der Waals surface area contributed by atoms with E-state index in [0.717, 1.165) is 21.5 Å². The molecule has 0 fully saturated rings. The molecule has 2 aliphatic heterocycles. The van der Waals surface area contributed by atoms with E-state index in [9.17, 15) is 9.59 Å². The highest BCUT2D eigenvalue weighted by molar-refractivity contribution is 6.27. The summed E-state index contributed by atoms with van der Waals surface area (Å²) in [6, 6.07) is 17.8. The van der Waals surface area contributed by atoms with Gasteiger partial charge in [0.05, 0.1) is 5.57 Å². The molecule has 2 aliphatic rings. The van der Waals surface area contributed by atoms with Crippen LogP contribution in [0.4, 0.5) is 0 Å². The molecule has 0 aromatic heterocycles. The monoisotopic (exact) mass is 328 g/mol. The molecule has 120 valence electrons. The Bertz CT molecular complexity index is 1180. The zero-order valence-electron chi connectivity index (χ0n) is 13.3. The molecule has 0 saturated heterocycles. The maximum atomic E-state index is 12.5. The molecule has 0 radical (unpaired) electrons. The Labute approximate surface area is 143 Å². The van der Waals surface area contributed by atoms with Gasteiger partial charge in [0.2, 0.25) is 0 Å². The number of ether oxygens (including phenoxy) is 2. The Balaban J connectivity index is 1.91. The van der Waals surface area contributed by atoms with E-state index in [2.05, 4.69) is 6.07 Å². The number of esters is 2. The Kier molecular flexibility index (Phi) is 2.69. The van der Waals surface area contributed by atoms with Gasteiger partial charge in [0.1, 0.15) is 5.57 Å². The molecule has 0 saturated carbocycles. The molecule has 0 bridgehead atoms. The topological polar surface area (TPSA) is 52.6 Å². The van der Waals surface area contributed by atoms with Crippen LogP contribution in [-0.2, 0) is 19.1 Å². The van der Waals surface area contributed by atoms with E-state index in [0.29, 0.717) is 16.7 Å². The third kappa shape index (κ3) is 1.82. The minimum absolute atomic E-state index is 0.230. The van der Waals surface area contributed by atoms with Crippen LogP contribution in [0, 0.1) is 0 Å². The summed E-state index contributed by atoms with van der Waals surface area (Å²) in [5.74, 6) is -0.493. The van der Waals surface area contributed by atoms with E-state index in [-0.39, 0.29) is 11.5 Å². The van der Waals surface area contributed by atoms with Gasteiger partial charge in [-0.1, -0.05) is 48.5 Å². The standard InChI is InChI=1S/C21H12O4/c1-11-18-19(25-20(11)22)17(21(23)24-18)16-10-12-6-2-3-7-13(12)14-8-4-5-9-15(14)16/h2-10H,1H3. The predicted molar refractivity (Wildman–Crippen MR) is 93.3 cm³/mol. The number of carbonyl (C=O) groups excluding carboxylic acids is 2. The number of hydrogen-bond donors (Lipinski definition) is 0. The fourth-order valence-electron chi connectivity index (χ4n) is 3.50. The Morgan fingerprint density at radius 2 is 1.36 bits per heavy atom. The van der Waals surface area contributed by atoms with Crippen LogP contribution in [0.1, 0.15) is 12.5 Å². The molecule has 25 heavy (non-hydrogen) atoms. The molecule has 3 aromatic rings. The summed E-state index contributed by atoms with van der Waals surface area (Å²) in [6.45, 7) is 1.60. The summed E-state index contributed by atoms with van der Waals surface area (Å²) in [7, 11) is 0. The summed E-state index contributed by atoms with van der Waals surface area (Å²) < 4.78 is 10.6. The summed E-state index contributed by atoms with van der Waals surface area (Å²) in [5, 5.41) is 4.07. The second-order valence-corrected chi connectivity index (χ2v) is 6.13. The van der Waals surface area contributed by atoms with E-state index >= 15 is 0 Å². The van der Waals surface area contributed by atoms with Crippen LogP contribution in [0.2, 0.25) is 0 Å². The summed E-state index contributed by atoms with van der Waals surface area (Å²) in [5.41, 5.74) is 1.34. The van der Waals surface area contributed by atoms with E-state index in [1.165, 1.54) is 0 Å². The normalized spacial score (nSPS) is 16.7. The lowest BCUT2D eigenvalue weighted by atomic mass is 9.93. The van der Waals surface area contributed by atoms with Crippen molar-refractivity contribution in [3.63, 3.8) is 0 Å². The second-order valence-electron chi connectivity index (χ2n) is 6.13.